The van der Waals surface area contributed by atoms with Crippen LogP contribution in [-0.4, -0.2) is 10.5 Å². The quantitative estimate of drug-likeness (QED) is 0.459. The summed E-state index contributed by atoms with van der Waals surface area (Å²) in [5, 5.41) is 2.96. The first-order valence-corrected chi connectivity index (χ1v) is 12.1. The van der Waals surface area contributed by atoms with Gasteiger partial charge in [0, 0.05) is 5.69 Å². The predicted octanol–water partition coefficient (Wildman–Crippen LogP) is 4.54. The topological polar surface area (TPSA) is 63.5 Å². The Hall–Kier alpha value is -4.29. The van der Waals surface area contributed by atoms with Crippen LogP contribution in [0.1, 0.15) is 24.1 Å². The third kappa shape index (κ3) is 4.69. The van der Waals surface area contributed by atoms with Crippen LogP contribution in [0.5, 0.6) is 0 Å². The minimum atomic E-state index is -0.573. The first-order chi connectivity index (χ1) is 17.1. The van der Waals surface area contributed by atoms with Crippen molar-refractivity contribution in [3.63, 3.8) is 0 Å². The Morgan fingerprint density at radius 2 is 1.57 bits per heavy atom. The highest BCUT2D eigenvalue weighted by Crippen LogP contribution is 2.30. The number of benzene rings is 3. The van der Waals surface area contributed by atoms with E-state index < -0.39 is 6.04 Å². The third-order valence-corrected chi connectivity index (χ3v) is 6.75. The monoisotopic (exact) mass is 477 g/mol. The number of aromatic nitrogens is 1. The van der Waals surface area contributed by atoms with Gasteiger partial charge in [-0.1, -0.05) is 102 Å². The summed E-state index contributed by atoms with van der Waals surface area (Å²) in [6.45, 7) is 1.82. The van der Waals surface area contributed by atoms with Crippen molar-refractivity contribution >= 4 is 35.1 Å². The molecule has 0 bridgehead atoms. The second-order valence-corrected chi connectivity index (χ2v) is 9.11. The highest BCUT2D eigenvalue weighted by atomic mass is 32.1. The molecule has 0 fully saturated rings. The van der Waals surface area contributed by atoms with Crippen molar-refractivity contribution < 1.29 is 4.79 Å². The molecule has 0 spiro atoms. The smallest absolute Gasteiger partial charge is 0.271 e. The molecule has 1 unspecified atom stereocenters. The summed E-state index contributed by atoms with van der Waals surface area (Å²) >= 11 is 1.33. The molecule has 1 aliphatic heterocycles. The number of anilines is 1. The number of carbonyl (C=O) groups excluding carboxylic acids is 1. The number of hydrogen-bond donors (Lipinski definition) is 1. The van der Waals surface area contributed by atoms with Gasteiger partial charge in [0.05, 0.1) is 21.8 Å². The molecule has 0 radical (unpaired) electrons. The molecule has 3 aromatic carbocycles. The van der Waals surface area contributed by atoms with E-state index >= 15 is 0 Å². The summed E-state index contributed by atoms with van der Waals surface area (Å²) in [5.41, 5.74) is 3.48. The molecule has 2 heterocycles. The van der Waals surface area contributed by atoms with Gasteiger partial charge in [0.1, 0.15) is 0 Å². The molecule has 35 heavy (non-hydrogen) atoms. The van der Waals surface area contributed by atoms with Gasteiger partial charge in [0.25, 0.3) is 11.5 Å². The van der Waals surface area contributed by atoms with E-state index in [-0.39, 0.29) is 11.5 Å². The van der Waals surface area contributed by atoms with Gasteiger partial charge in [-0.2, -0.15) is 0 Å². The molecule has 1 aliphatic rings. The number of rotatable bonds is 5. The lowest BCUT2D eigenvalue weighted by Gasteiger charge is -2.25. The summed E-state index contributed by atoms with van der Waals surface area (Å²) in [5.74, 6) is -0.274. The highest BCUT2D eigenvalue weighted by molar-refractivity contribution is 7.07. The van der Waals surface area contributed by atoms with E-state index in [4.69, 9.17) is 0 Å². The molecule has 172 valence electrons. The molecule has 0 saturated heterocycles. The van der Waals surface area contributed by atoms with Crippen LogP contribution in [0.25, 0.3) is 12.2 Å². The molecule has 1 atom stereocenters. The van der Waals surface area contributed by atoms with Crippen LogP contribution >= 0.6 is 11.3 Å². The van der Waals surface area contributed by atoms with Crippen LogP contribution in [0.2, 0.25) is 0 Å². The lowest BCUT2D eigenvalue weighted by molar-refractivity contribution is -0.113. The van der Waals surface area contributed by atoms with Crippen molar-refractivity contribution in [2.75, 3.05) is 5.32 Å². The zero-order valence-electron chi connectivity index (χ0n) is 19.1. The molecule has 4 aromatic rings. The third-order valence-electron chi connectivity index (χ3n) is 5.75. The van der Waals surface area contributed by atoms with E-state index in [1.165, 1.54) is 11.3 Å². The van der Waals surface area contributed by atoms with Crippen molar-refractivity contribution in [3.8, 4) is 0 Å². The van der Waals surface area contributed by atoms with Gasteiger partial charge in [0.15, 0.2) is 4.80 Å². The van der Waals surface area contributed by atoms with Crippen LogP contribution in [0.3, 0.4) is 0 Å². The lowest BCUT2D eigenvalue weighted by Crippen LogP contribution is -2.40. The van der Waals surface area contributed by atoms with Gasteiger partial charge in [-0.05, 0) is 36.3 Å². The Bertz CT molecular complexity index is 1600. The minimum absolute atomic E-state index is 0.169. The molecule has 1 amide bonds. The standard InChI is InChI=1S/C29H23N3O2S/c1-20-25(27(33)31-23-17-9-4-10-18-23)26(22-15-7-3-8-16-22)32-28(34)24(35-29(32)30-20)19-11-14-21-12-5-2-6-13-21/h2-19,26H,1H3,(H,31,33)/b14-11+,24-19-. The lowest BCUT2D eigenvalue weighted by atomic mass is 9.95. The average Bonchev–Trinajstić information content (AvgIpc) is 3.19. The number of nitrogens with one attached hydrogen (secondary N) is 1. The van der Waals surface area contributed by atoms with Gasteiger partial charge in [-0.3, -0.25) is 14.2 Å². The van der Waals surface area contributed by atoms with E-state index in [0.717, 1.165) is 11.1 Å². The Labute approximate surface area is 206 Å². The highest BCUT2D eigenvalue weighted by Gasteiger charge is 2.32. The van der Waals surface area contributed by atoms with Crippen LogP contribution in [0.4, 0.5) is 5.69 Å². The summed E-state index contributed by atoms with van der Waals surface area (Å²) in [4.78, 5) is 32.3. The van der Waals surface area contributed by atoms with Gasteiger partial charge in [0.2, 0.25) is 0 Å². The fourth-order valence-electron chi connectivity index (χ4n) is 4.11. The van der Waals surface area contributed by atoms with Crippen molar-refractivity contribution in [2.45, 2.75) is 13.0 Å². The summed E-state index contributed by atoms with van der Waals surface area (Å²) < 4.78 is 2.20. The molecule has 1 aromatic heterocycles. The maximum atomic E-state index is 13.6. The maximum Gasteiger partial charge on any atom is 0.271 e. The zero-order valence-corrected chi connectivity index (χ0v) is 19.9. The second-order valence-electron chi connectivity index (χ2n) is 8.10. The Morgan fingerprint density at radius 1 is 0.943 bits per heavy atom. The number of thiazole rings is 1. The molecular formula is C29H23N3O2S. The van der Waals surface area contributed by atoms with Gasteiger partial charge >= 0.3 is 0 Å². The van der Waals surface area contributed by atoms with Crippen LogP contribution in [0.15, 0.2) is 118 Å². The van der Waals surface area contributed by atoms with Crippen molar-refractivity contribution in [3.05, 3.63) is 139 Å². The van der Waals surface area contributed by atoms with E-state index in [1.54, 1.807) is 4.57 Å². The van der Waals surface area contributed by atoms with E-state index in [9.17, 15) is 9.59 Å². The Balaban J connectivity index is 1.60. The van der Waals surface area contributed by atoms with Gasteiger partial charge in [-0.15, -0.1) is 0 Å². The van der Waals surface area contributed by atoms with Gasteiger partial charge < -0.3 is 5.32 Å². The molecule has 6 heteroatoms. The van der Waals surface area contributed by atoms with Crippen molar-refractivity contribution in [1.29, 1.82) is 0 Å². The van der Waals surface area contributed by atoms with Crippen LogP contribution in [-0.2, 0) is 4.79 Å². The van der Waals surface area contributed by atoms with E-state index in [1.807, 2.05) is 116 Å². The number of fused-ring (bicyclic) bond motifs is 1. The second kappa shape index (κ2) is 9.91. The van der Waals surface area contributed by atoms with E-state index in [0.29, 0.717) is 26.3 Å². The number of nitrogens with zero attached hydrogens (tertiary/aromatic N) is 2. The molecule has 1 N–H and O–H groups in total. The molecular weight excluding hydrogens is 454 g/mol. The maximum absolute atomic E-state index is 13.6. The Kier molecular flexibility index (Phi) is 6.37. The minimum Gasteiger partial charge on any atom is -0.322 e. The van der Waals surface area contributed by atoms with Gasteiger partial charge in [-0.25, -0.2) is 4.99 Å². The first kappa shape index (κ1) is 22.5. The fourth-order valence-corrected chi connectivity index (χ4v) is 5.11. The number of carbonyl (C=O) groups is 1. The first-order valence-electron chi connectivity index (χ1n) is 11.3. The summed E-state index contributed by atoms with van der Waals surface area (Å²) in [6.07, 6.45) is 5.63. The number of allylic oxidation sites excluding steroid dienone is 2. The SMILES string of the molecule is CC1=C(C(=O)Nc2ccccc2)C(c2ccccc2)n2c(s/c(=C\C=C\c3ccccc3)c2=O)=N1. The van der Waals surface area contributed by atoms with Crippen molar-refractivity contribution in [1.82, 2.24) is 4.57 Å². The number of para-hydroxylation sites is 1. The molecule has 5 rings (SSSR count). The average molecular weight is 478 g/mol. The van der Waals surface area contributed by atoms with Crippen LogP contribution in [0, 0.1) is 0 Å². The molecule has 5 nitrogen and oxygen atoms in total. The number of amides is 1. The normalized spacial score (nSPS) is 15.7. The Morgan fingerprint density at radius 3 is 2.26 bits per heavy atom. The largest absolute Gasteiger partial charge is 0.322 e. The number of hydrogen-bond acceptors (Lipinski definition) is 4. The predicted molar refractivity (Wildman–Crippen MR) is 142 cm³/mol. The van der Waals surface area contributed by atoms with Crippen LogP contribution < -0.4 is 20.2 Å². The molecule has 0 aliphatic carbocycles. The molecule has 0 saturated carbocycles. The zero-order chi connectivity index (χ0) is 24.2. The van der Waals surface area contributed by atoms with E-state index in [2.05, 4.69) is 10.3 Å². The van der Waals surface area contributed by atoms with Crippen molar-refractivity contribution in [2.24, 2.45) is 4.99 Å². The summed E-state index contributed by atoms with van der Waals surface area (Å²) in [6, 6.07) is 28.2. The fraction of sp³-hybridized carbons (Fsp3) is 0.0690. The summed E-state index contributed by atoms with van der Waals surface area (Å²) in [7, 11) is 0.